The average molecular weight is 806 g/mol. The standard InChI is InChI=1S/C39H55N3O13S/c1-36(2,3)52-31(43)22-28(33(45)53-37(4,5)6)41-56(48,49)42(35(47)55-39(10,11)12)23-24-15-18-29-30(20-24)51-32(44)27-17-16-26(21-25(27)14-13-19-50-29)40-34(46)54-38(7,8)9/h15-18,20-21,28,41H,13-14,19,22-23H2,1-12H3,(H,40,46)/t28-/m0/s1. The van der Waals surface area contributed by atoms with Gasteiger partial charge in [0.15, 0.2) is 11.5 Å². The minimum Gasteiger partial charge on any atom is -0.490 e. The van der Waals surface area contributed by atoms with Gasteiger partial charge in [0.25, 0.3) is 0 Å². The molecular formula is C39H55N3O13S. The van der Waals surface area contributed by atoms with E-state index in [1.54, 1.807) is 68.4 Å². The molecule has 0 saturated carbocycles. The molecule has 0 aromatic heterocycles. The van der Waals surface area contributed by atoms with Gasteiger partial charge in [-0.1, -0.05) is 6.07 Å². The molecule has 0 unspecified atom stereocenters. The zero-order valence-corrected chi connectivity index (χ0v) is 35.1. The number of fused-ring (bicyclic) bond motifs is 2. The number of aryl methyl sites for hydroxylation is 1. The lowest BCUT2D eigenvalue weighted by molar-refractivity contribution is -0.164. The number of nitrogens with zero attached hydrogens (tertiary/aromatic N) is 1. The second-order valence-electron chi connectivity index (χ2n) is 17.1. The van der Waals surface area contributed by atoms with Crippen molar-refractivity contribution in [3.8, 4) is 11.5 Å². The molecule has 0 spiro atoms. The number of ether oxygens (including phenoxy) is 6. The number of nitrogens with one attached hydrogen (secondary N) is 2. The molecule has 0 radical (unpaired) electrons. The molecule has 0 saturated heterocycles. The first-order chi connectivity index (χ1) is 25.5. The average Bonchev–Trinajstić information content (AvgIpc) is 2.98. The van der Waals surface area contributed by atoms with Crippen molar-refractivity contribution in [3.05, 3.63) is 53.1 Å². The van der Waals surface area contributed by atoms with Crippen molar-refractivity contribution in [2.75, 3.05) is 11.9 Å². The van der Waals surface area contributed by atoms with Gasteiger partial charge in [-0.05, 0) is 137 Å². The van der Waals surface area contributed by atoms with Crippen molar-refractivity contribution in [2.45, 2.75) is 137 Å². The zero-order chi connectivity index (χ0) is 42.4. The molecule has 17 heteroatoms. The van der Waals surface area contributed by atoms with Crippen LogP contribution in [-0.4, -0.2) is 77.9 Å². The Bertz CT molecular complexity index is 1900. The highest BCUT2D eigenvalue weighted by molar-refractivity contribution is 7.87. The maximum atomic E-state index is 14.0. The van der Waals surface area contributed by atoms with Crippen LogP contribution in [-0.2, 0) is 51.7 Å². The molecule has 2 N–H and O–H groups in total. The van der Waals surface area contributed by atoms with Gasteiger partial charge >= 0.3 is 40.3 Å². The van der Waals surface area contributed by atoms with E-state index >= 15 is 0 Å². The molecule has 310 valence electrons. The van der Waals surface area contributed by atoms with Gasteiger partial charge in [-0.2, -0.15) is 17.4 Å². The fourth-order valence-corrected chi connectivity index (χ4v) is 6.23. The van der Waals surface area contributed by atoms with Gasteiger partial charge in [0.05, 0.1) is 25.1 Å². The number of carbonyl (C=O) groups is 5. The minimum atomic E-state index is -4.98. The van der Waals surface area contributed by atoms with Gasteiger partial charge in [-0.15, -0.1) is 0 Å². The van der Waals surface area contributed by atoms with Crippen molar-refractivity contribution in [2.24, 2.45) is 0 Å². The number of hydrogen-bond acceptors (Lipinski definition) is 13. The molecule has 2 aromatic rings. The predicted octanol–water partition coefficient (Wildman–Crippen LogP) is 6.59. The van der Waals surface area contributed by atoms with E-state index in [0.717, 1.165) is 0 Å². The normalized spacial score (nSPS) is 14.4. The summed E-state index contributed by atoms with van der Waals surface area (Å²) in [4.78, 5) is 65.5. The summed E-state index contributed by atoms with van der Waals surface area (Å²) in [5.74, 6) is -2.62. The first-order valence-corrected chi connectivity index (χ1v) is 19.5. The molecule has 2 aromatic carbocycles. The molecule has 1 aliphatic rings. The highest BCUT2D eigenvalue weighted by atomic mass is 32.2. The Labute approximate surface area is 329 Å². The number of anilines is 1. The summed E-state index contributed by atoms with van der Waals surface area (Å²) in [6, 6.07) is 7.17. The third-order valence-electron chi connectivity index (χ3n) is 7.02. The van der Waals surface area contributed by atoms with E-state index in [1.165, 1.54) is 51.1 Å². The van der Waals surface area contributed by atoms with Crippen LogP contribution >= 0.6 is 0 Å². The molecule has 16 nitrogen and oxygen atoms in total. The van der Waals surface area contributed by atoms with E-state index in [2.05, 4.69) is 10.0 Å². The quantitative estimate of drug-likeness (QED) is 0.156. The van der Waals surface area contributed by atoms with Crippen LogP contribution in [0.25, 0.3) is 0 Å². The molecule has 1 aliphatic heterocycles. The van der Waals surface area contributed by atoms with E-state index < -0.39 is 81.7 Å². The summed E-state index contributed by atoms with van der Waals surface area (Å²) < 4.78 is 63.8. The maximum absolute atomic E-state index is 14.0. The first-order valence-electron chi connectivity index (χ1n) is 18.1. The molecule has 0 aliphatic carbocycles. The van der Waals surface area contributed by atoms with Crippen LogP contribution in [0.4, 0.5) is 15.3 Å². The Kier molecular flexibility index (Phi) is 14.2. The lowest BCUT2D eigenvalue weighted by Crippen LogP contribution is -2.52. The van der Waals surface area contributed by atoms with Gasteiger partial charge in [0.2, 0.25) is 0 Å². The SMILES string of the molecule is CC(C)(C)OC(=O)C[C@H](NS(=O)(=O)N(Cc1ccc2c(c1)OC(=O)c1ccc(NC(=O)OC(C)(C)C)cc1CCCO2)C(=O)OC(C)(C)C)C(=O)OC(C)(C)C. The number of carbonyl (C=O) groups excluding carboxylic acids is 5. The summed E-state index contributed by atoms with van der Waals surface area (Å²) in [7, 11) is -4.98. The molecule has 0 fully saturated rings. The maximum Gasteiger partial charge on any atom is 0.425 e. The highest BCUT2D eigenvalue weighted by Crippen LogP contribution is 2.32. The summed E-state index contributed by atoms with van der Waals surface area (Å²) in [6.07, 6.45) is -1.82. The molecule has 56 heavy (non-hydrogen) atoms. The summed E-state index contributed by atoms with van der Waals surface area (Å²) in [6.45, 7) is 18.9. The van der Waals surface area contributed by atoms with Crippen LogP contribution in [0, 0.1) is 0 Å². The van der Waals surface area contributed by atoms with Crippen LogP contribution < -0.4 is 19.5 Å². The fourth-order valence-electron chi connectivity index (χ4n) is 5.01. The molecule has 1 atom stereocenters. The number of amides is 2. The third kappa shape index (κ3) is 15.0. The van der Waals surface area contributed by atoms with Crippen molar-refractivity contribution < 1.29 is 60.8 Å². The minimum absolute atomic E-state index is 0.0673. The summed E-state index contributed by atoms with van der Waals surface area (Å²) in [5.41, 5.74) is -2.51. The first kappa shape index (κ1) is 45.5. The zero-order valence-electron chi connectivity index (χ0n) is 34.2. The van der Waals surface area contributed by atoms with Gasteiger partial charge < -0.3 is 28.4 Å². The Morgan fingerprint density at radius 3 is 1.98 bits per heavy atom. The van der Waals surface area contributed by atoms with E-state index in [1.807, 2.05) is 0 Å². The van der Waals surface area contributed by atoms with Gasteiger partial charge in [-0.25, -0.2) is 14.4 Å². The number of esters is 3. The molecule has 1 heterocycles. The second kappa shape index (κ2) is 17.5. The molecule has 3 rings (SSSR count). The fraction of sp³-hybridized carbons (Fsp3) is 0.564. The Hall–Kier alpha value is -4.90. The second-order valence-corrected chi connectivity index (χ2v) is 18.7. The topological polar surface area (TPSA) is 202 Å². The van der Waals surface area contributed by atoms with Gasteiger partial charge in [-0.3, -0.25) is 14.9 Å². The number of benzene rings is 2. The Balaban J connectivity index is 1.98. The van der Waals surface area contributed by atoms with Crippen molar-refractivity contribution >= 4 is 46.0 Å². The van der Waals surface area contributed by atoms with Crippen LogP contribution in [0.15, 0.2) is 36.4 Å². The predicted molar refractivity (Wildman–Crippen MR) is 205 cm³/mol. The van der Waals surface area contributed by atoms with Crippen molar-refractivity contribution in [3.63, 3.8) is 0 Å². The number of rotatable bonds is 9. The van der Waals surface area contributed by atoms with Crippen LogP contribution in [0.1, 0.15) is 117 Å². The van der Waals surface area contributed by atoms with E-state index in [0.29, 0.717) is 28.4 Å². The molecule has 0 bridgehead atoms. The highest BCUT2D eigenvalue weighted by Gasteiger charge is 2.39. The lowest BCUT2D eigenvalue weighted by atomic mass is 10.0. The molecular weight excluding hydrogens is 751 g/mol. The summed E-state index contributed by atoms with van der Waals surface area (Å²) in [5, 5.41) is 2.66. The van der Waals surface area contributed by atoms with E-state index in [4.69, 9.17) is 28.4 Å². The summed E-state index contributed by atoms with van der Waals surface area (Å²) >= 11 is 0. The van der Waals surface area contributed by atoms with Crippen LogP contribution in [0.2, 0.25) is 0 Å². The smallest absolute Gasteiger partial charge is 0.425 e. The largest absolute Gasteiger partial charge is 0.490 e. The molecule has 2 amide bonds. The Morgan fingerprint density at radius 1 is 0.786 bits per heavy atom. The Morgan fingerprint density at radius 2 is 1.39 bits per heavy atom. The lowest BCUT2D eigenvalue weighted by Gasteiger charge is -2.30. The van der Waals surface area contributed by atoms with Gasteiger partial charge in [0.1, 0.15) is 28.4 Å². The van der Waals surface area contributed by atoms with E-state index in [-0.39, 0.29) is 29.2 Å². The van der Waals surface area contributed by atoms with E-state index in [9.17, 15) is 32.4 Å². The van der Waals surface area contributed by atoms with Crippen LogP contribution in [0.5, 0.6) is 11.5 Å². The van der Waals surface area contributed by atoms with Crippen molar-refractivity contribution in [1.29, 1.82) is 0 Å². The van der Waals surface area contributed by atoms with Gasteiger partial charge in [0, 0.05) is 5.69 Å². The third-order valence-corrected chi connectivity index (χ3v) is 8.46. The van der Waals surface area contributed by atoms with Crippen molar-refractivity contribution in [1.82, 2.24) is 9.03 Å². The number of hydrogen-bond donors (Lipinski definition) is 2. The monoisotopic (exact) mass is 805 g/mol. The van der Waals surface area contributed by atoms with Crippen LogP contribution in [0.3, 0.4) is 0 Å².